The predicted molar refractivity (Wildman–Crippen MR) is 121 cm³/mol. The minimum atomic E-state index is -0.417. The van der Waals surface area contributed by atoms with Crippen molar-refractivity contribution in [3.63, 3.8) is 0 Å². The quantitative estimate of drug-likeness (QED) is 0.460. The first kappa shape index (κ1) is 18.9. The predicted octanol–water partition coefficient (Wildman–Crippen LogP) is 4.94. The Morgan fingerprint density at radius 2 is 1.65 bits per heavy atom. The molecule has 5 heteroatoms. The number of furan rings is 1. The summed E-state index contributed by atoms with van der Waals surface area (Å²) in [6.45, 7) is 0. The monoisotopic (exact) mass is 408 g/mol. The zero-order valence-corrected chi connectivity index (χ0v) is 16.7. The van der Waals surface area contributed by atoms with E-state index in [1.165, 1.54) is 28.9 Å². The maximum absolute atomic E-state index is 13.2. The van der Waals surface area contributed by atoms with Gasteiger partial charge >= 0.3 is 0 Å². The van der Waals surface area contributed by atoms with Crippen LogP contribution in [0.4, 0.5) is 5.69 Å². The second-order valence-electron chi connectivity index (χ2n) is 7.46. The topological polar surface area (TPSA) is 71.3 Å². The van der Waals surface area contributed by atoms with Crippen LogP contribution in [-0.4, -0.2) is 11.8 Å². The lowest BCUT2D eigenvalue weighted by molar-refractivity contribution is -0.113. The number of carbonyl (C=O) groups is 2. The van der Waals surface area contributed by atoms with E-state index in [2.05, 4.69) is 22.8 Å². The first-order valence-corrected chi connectivity index (χ1v) is 10.2. The highest BCUT2D eigenvalue weighted by Crippen LogP contribution is 2.35. The van der Waals surface area contributed by atoms with E-state index >= 15 is 0 Å². The Bertz CT molecular complexity index is 1300. The van der Waals surface area contributed by atoms with Crippen LogP contribution in [-0.2, 0) is 17.6 Å². The molecule has 2 N–H and O–H groups in total. The highest BCUT2D eigenvalue weighted by atomic mass is 16.3. The van der Waals surface area contributed by atoms with E-state index in [-0.39, 0.29) is 11.6 Å². The highest BCUT2D eigenvalue weighted by Gasteiger charge is 2.19. The molecule has 3 aromatic carbocycles. The maximum atomic E-state index is 13.2. The molecule has 1 aliphatic carbocycles. The van der Waals surface area contributed by atoms with Gasteiger partial charge in [0.15, 0.2) is 0 Å². The molecule has 0 saturated heterocycles. The molecular formula is C26H20N2O3. The molecule has 0 fully saturated rings. The molecule has 0 bridgehead atoms. The molecule has 2 amide bonds. The summed E-state index contributed by atoms with van der Waals surface area (Å²) >= 11 is 0. The molecule has 1 aliphatic rings. The van der Waals surface area contributed by atoms with E-state index in [0.29, 0.717) is 17.0 Å². The van der Waals surface area contributed by atoms with Gasteiger partial charge in [0.25, 0.3) is 11.8 Å². The van der Waals surface area contributed by atoms with E-state index in [1.807, 2.05) is 24.3 Å². The molecule has 0 spiro atoms. The van der Waals surface area contributed by atoms with Crippen molar-refractivity contribution in [2.24, 2.45) is 0 Å². The Hall–Kier alpha value is -4.12. The van der Waals surface area contributed by atoms with Crippen molar-refractivity contribution in [1.82, 2.24) is 5.32 Å². The second kappa shape index (κ2) is 7.95. The molecule has 152 valence electrons. The van der Waals surface area contributed by atoms with Gasteiger partial charge in [0.05, 0.1) is 6.26 Å². The summed E-state index contributed by atoms with van der Waals surface area (Å²) in [5, 5.41) is 7.92. The van der Waals surface area contributed by atoms with Crippen LogP contribution in [0.15, 0.2) is 89.2 Å². The van der Waals surface area contributed by atoms with Crippen molar-refractivity contribution in [1.29, 1.82) is 0 Å². The molecule has 5 nitrogen and oxygen atoms in total. The van der Waals surface area contributed by atoms with Gasteiger partial charge in [0.2, 0.25) is 0 Å². The fourth-order valence-corrected chi connectivity index (χ4v) is 4.00. The lowest BCUT2D eigenvalue weighted by Gasteiger charge is -2.13. The number of hydrogen-bond acceptors (Lipinski definition) is 3. The summed E-state index contributed by atoms with van der Waals surface area (Å²) in [5.74, 6) is -0.313. The van der Waals surface area contributed by atoms with Gasteiger partial charge in [-0.1, -0.05) is 42.5 Å². The smallest absolute Gasteiger partial charge is 0.272 e. The third-order valence-corrected chi connectivity index (χ3v) is 5.48. The highest BCUT2D eigenvalue weighted by molar-refractivity contribution is 6.13. The molecule has 0 aliphatic heterocycles. The minimum absolute atomic E-state index is 0.104. The van der Waals surface area contributed by atoms with Gasteiger partial charge in [-0.3, -0.25) is 9.59 Å². The molecule has 1 heterocycles. The van der Waals surface area contributed by atoms with Gasteiger partial charge in [0.1, 0.15) is 11.5 Å². The zero-order valence-electron chi connectivity index (χ0n) is 16.7. The number of amides is 2. The summed E-state index contributed by atoms with van der Waals surface area (Å²) in [5.41, 5.74) is 3.88. The first-order chi connectivity index (χ1) is 15.2. The molecule has 1 aromatic heterocycles. The van der Waals surface area contributed by atoms with Crippen LogP contribution in [0.5, 0.6) is 0 Å². The van der Waals surface area contributed by atoms with Gasteiger partial charge < -0.3 is 15.1 Å². The van der Waals surface area contributed by atoms with Crippen LogP contribution in [0.2, 0.25) is 0 Å². The number of aryl methyl sites for hydroxylation is 2. The van der Waals surface area contributed by atoms with Gasteiger partial charge in [-0.25, -0.2) is 0 Å². The van der Waals surface area contributed by atoms with Gasteiger partial charge in [-0.2, -0.15) is 0 Å². The third kappa shape index (κ3) is 3.73. The Morgan fingerprint density at radius 1 is 0.839 bits per heavy atom. The fourth-order valence-electron chi connectivity index (χ4n) is 4.00. The molecule has 5 rings (SSSR count). The number of carbonyl (C=O) groups excluding carboxylic acids is 2. The summed E-state index contributed by atoms with van der Waals surface area (Å²) in [6, 6.07) is 22.4. The van der Waals surface area contributed by atoms with Crippen molar-refractivity contribution in [2.45, 2.75) is 12.8 Å². The van der Waals surface area contributed by atoms with Crippen molar-refractivity contribution in [3.8, 4) is 0 Å². The van der Waals surface area contributed by atoms with Crippen molar-refractivity contribution >= 4 is 34.4 Å². The summed E-state index contributed by atoms with van der Waals surface area (Å²) in [6.07, 6.45) is 5.07. The SMILES string of the molecule is O=C(Nc1ccc2c3c(cccc13)CC2)/C(=C/c1ccco1)NC(=O)c1ccccc1. The van der Waals surface area contributed by atoms with Crippen molar-refractivity contribution in [2.75, 3.05) is 5.32 Å². The molecule has 0 saturated carbocycles. The van der Waals surface area contributed by atoms with Crippen LogP contribution in [0.3, 0.4) is 0 Å². The number of benzene rings is 3. The summed E-state index contributed by atoms with van der Waals surface area (Å²) in [4.78, 5) is 25.9. The number of nitrogens with one attached hydrogen (secondary N) is 2. The van der Waals surface area contributed by atoms with E-state index < -0.39 is 5.91 Å². The summed E-state index contributed by atoms with van der Waals surface area (Å²) < 4.78 is 5.35. The van der Waals surface area contributed by atoms with E-state index in [4.69, 9.17) is 4.42 Å². The van der Waals surface area contributed by atoms with Gasteiger partial charge in [0, 0.05) is 22.7 Å². The van der Waals surface area contributed by atoms with Crippen molar-refractivity contribution < 1.29 is 14.0 Å². The first-order valence-electron chi connectivity index (χ1n) is 10.2. The average molecular weight is 408 g/mol. The van der Waals surface area contributed by atoms with Crippen LogP contribution in [0, 0.1) is 0 Å². The largest absolute Gasteiger partial charge is 0.465 e. The lowest BCUT2D eigenvalue weighted by Crippen LogP contribution is -2.30. The summed E-state index contributed by atoms with van der Waals surface area (Å²) in [7, 11) is 0. The van der Waals surface area contributed by atoms with Crippen LogP contribution in [0.1, 0.15) is 27.2 Å². The average Bonchev–Trinajstić information content (AvgIpc) is 3.46. The maximum Gasteiger partial charge on any atom is 0.272 e. The van der Waals surface area contributed by atoms with Crippen LogP contribution >= 0.6 is 0 Å². The molecule has 31 heavy (non-hydrogen) atoms. The normalized spacial score (nSPS) is 12.7. The fraction of sp³-hybridized carbons (Fsp3) is 0.0769. The lowest BCUT2D eigenvalue weighted by atomic mass is 10.0. The number of rotatable bonds is 5. The number of hydrogen-bond donors (Lipinski definition) is 2. The third-order valence-electron chi connectivity index (χ3n) is 5.48. The van der Waals surface area contributed by atoms with Crippen molar-refractivity contribution in [3.05, 3.63) is 107 Å². The molecule has 0 radical (unpaired) electrons. The molecule has 0 unspecified atom stereocenters. The van der Waals surface area contributed by atoms with E-state index in [9.17, 15) is 9.59 Å². The minimum Gasteiger partial charge on any atom is -0.465 e. The Balaban J connectivity index is 1.47. The second-order valence-corrected chi connectivity index (χ2v) is 7.46. The Kier molecular flexibility index (Phi) is 4.84. The zero-order chi connectivity index (χ0) is 21.2. The molecule has 0 atom stereocenters. The molecule has 4 aromatic rings. The standard InChI is InChI=1S/C26H20N2O3/c29-25(19-6-2-1-3-7-19)28-23(16-20-9-5-15-31-20)26(30)27-22-14-13-18-12-11-17-8-4-10-21(22)24(17)18/h1-10,13-16H,11-12H2,(H,27,30)(H,28,29)/b23-16-. The van der Waals surface area contributed by atoms with Gasteiger partial charge in [-0.05, 0) is 59.7 Å². The van der Waals surface area contributed by atoms with Crippen LogP contribution < -0.4 is 10.6 Å². The molecular weight excluding hydrogens is 388 g/mol. The Morgan fingerprint density at radius 3 is 2.42 bits per heavy atom. The number of anilines is 1. The van der Waals surface area contributed by atoms with Gasteiger partial charge in [-0.15, -0.1) is 0 Å². The van der Waals surface area contributed by atoms with E-state index in [0.717, 1.165) is 18.2 Å². The van der Waals surface area contributed by atoms with Crippen LogP contribution in [0.25, 0.3) is 16.8 Å². The Labute approximate surface area is 179 Å². The van der Waals surface area contributed by atoms with E-state index in [1.54, 1.807) is 36.4 Å².